The van der Waals surface area contributed by atoms with Crippen molar-refractivity contribution >= 4 is 23.9 Å². The first-order chi connectivity index (χ1) is 12.4. The molecule has 0 heterocycles. The average Bonchev–Trinajstić information content (AvgIpc) is 2.59. The molecule has 0 aliphatic heterocycles. The minimum atomic E-state index is -1.18. The lowest BCUT2D eigenvalue weighted by atomic mass is 10.1. The number of rotatable bonds is 11. The third-order valence-corrected chi connectivity index (χ3v) is 2.79. The van der Waals surface area contributed by atoms with Crippen LogP contribution < -0.4 is 22.9 Å². The number of hydrogen-bond donors (Lipinski definition) is 9. The van der Waals surface area contributed by atoms with Crippen LogP contribution in [0.3, 0.4) is 0 Å². The standard InChI is InChI=1S/C6H14N2O2.C5H9NO4.C3H7NO3/c7-4-2-1-3-5(8)6(9)10;6-3(5(9)10)1-2-4(7)8;4-2(1-5)3(6)7/h5H,1-4,7-8H2,(H,9,10);3H,1-2,6H2,(H,7,8)(H,9,10);2,5H,1,4H2,(H,6,7). The van der Waals surface area contributed by atoms with E-state index in [1.807, 2.05) is 0 Å². The van der Waals surface area contributed by atoms with Gasteiger partial charge in [0, 0.05) is 6.42 Å². The number of aliphatic hydroxyl groups excluding tert-OH is 1. The van der Waals surface area contributed by atoms with E-state index in [0.717, 1.165) is 12.8 Å². The van der Waals surface area contributed by atoms with Gasteiger partial charge < -0.3 is 48.5 Å². The molecule has 13 N–H and O–H groups in total. The van der Waals surface area contributed by atoms with Crippen LogP contribution in [0.4, 0.5) is 0 Å². The Labute approximate surface area is 155 Å². The maximum absolute atomic E-state index is 10.1. The third kappa shape index (κ3) is 23.7. The van der Waals surface area contributed by atoms with Crippen LogP contribution in [0.2, 0.25) is 0 Å². The van der Waals surface area contributed by atoms with Crippen LogP contribution in [-0.4, -0.2) is 80.7 Å². The summed E-state index contributed by atoms with van der Waals surface area (Å²) >= 11 is 0. The summed E-state index contributed by atoms with van der Waals surface area (Å²) in [5.41, 5.74) is 20.2. The van der Waals surface area contributed by atoms with Gasteiger partial charge in [-0.25, -0.2) is 0 Å². The number of nitrogens with two attached hydrogens (primary N) is 4. The highest BCUT2D eigenvalue weighted by Gasteiger charge is 2.12. The van der Waals surface area contributed by atoms with E-state index in [1.54, 1.807) is 0 Å². The van der Waals surface area contributed by atoms with Gasteiger partial charge >= 0.3 is 23.9 Å². The number of carbonyl (C=O) groups is 4. The second-order valence-electron chi connectivity index (χ2n) is 5.23. The Morgan fingerprint density at radius 1 is 0.704 bits per heavy atom. The predicted molar refractivity (Wildman–Crippen MR) is 93.7 cm³/mol. The van der Waals surface area contributed by atoms with Crippen LogP contribution in [-0.2, 0) is 19.2 Å². The van der Waals surface area contributed by atoms with Gasteiger partial charge in [-0.3, -0.25) is 19.2 Å². The highest BCUT2D eigenvalue weighted by atomic mass is 16.4. The smallest absolute Gasteiger partial charge is 0.322 e. The van der Waals surface area contributed by atoms with Gasteiger partial charge in [0.1, 0.15) is 18.1 Å². The number of unbranched alkanes of at least 4 members (excludes halogenated alkanes) is 1. The molecule has 0 aliphatic carbocycles. The topological polar surface area (TPSA) is 274 Å². The molecule has 0 aliphatic rings. The van der Waals surface area contributed by atoms with Crippen molar-refractivity contribution in [3.8, 4) is 0 Å². The molecule has 13 heteroatoms. The van der Waals surface area contributed by atoms with Crippen molar-refractivity contribution in [2.45, 2.75) is 50.2 Å². The molecule has 0 bridgehead atoms. The molecule has 0 amide bonds. The predicted octanol–water partition coefficient (Wildman–Crippen LogP) is -2.82. The van der Waals surface area contributed by atoms with Crippen molar-refractivity contribution < 1.29 is 44.7 Å². The molecule has 3 unspecified atom stereocenters. The maximum atomic E-state index is 10.1. The summed E-state index contributed by atoms with van der Waals surface area (Å²) in [7, 11) is 0. The Kier molecular flexibility index (Phi) is 20.1. The van der Waals surface area contributed by atoms with Crippen molar-refractivity contribution in [2.24, 2.45) is 22.9 Å². The Hall–Kier alpha value is -2.32. The van der Waals surface area contributed by atoms with Crippen molar-refractivity contribution in [1.29, 1.82) is 0 Å². The average molecular weight is 398 g/mol. The van der Waals surface area contributed by atoms with Crippen molar-refractivity contribution in [3.05, 3.63) is 0 Å². The minimum Gasteiger partial charge on any atom is -0.481 e. The zero-order valence-corrected chi connectivity index (χ0v) is 14.9. The third-order valence-electron chi connectivity index (χ3n) is 2.79. The Bertz CT molecular complexity index is 448. The van der Waals surface area contributed by atoms with Crippen LogP contribution in [0.25, 0.3) is 0 Å². The first kappa shape index (κ1) is 29.4. The maximum Gasteiger partial charge on any atom is 0.322 e. The lowest BCUT2D eigenvalue weighted by molar-refractivity contribution is -0.141. The Morgan fingerprint density at radius 3 is 1.37 bits per heavy atom. The summed E-state index contributed by atoms with van der Waals surface area (Å²) in [6.45, 7) is 0.0989. The number of carboxylic acid groups (broad SMARTS) is 4. The van der Waals surface area contributed by atoms with Gasteiger partial charge in [0.15, 0.2) is 0 Å². The van der Waals surface area contributed by atoms with Crippen LogP contribution in [0, 0.1) is 0 Å². The van der Waals surface area contributed by atoms with E-state index in [-0.39, 0.29) is 12.8 Å². The molecule has 0 spiro atoms. The molecular weight excluding hydrogens is 368 g/mol. The van der Waals surface area contributed by atoms with E-state index in [2.05, 4.69) is 0 Å². The van der Waals surface area contributed by atoms with Crippen LogP contribution in [0.15, 0.2) is 0 Å². The summed E-state index contributed by atoms with van der Waals surface area (Å²) in [5, 5.41) is 40.5. The molecule has 0 saturated carbocycles. The number of aliphatic carboxylic acids is 4. The quantitative estimate of drug-likeness (QED) is 0.159. The fraction of sp³-hybridized carbons (Fsp3) is 0.714. The summed E-state index contributed by atoms with van der Waals surface area (Å²) in [4.78, 5) is 39.7. The van der Waals surface area contributed by atoms with E-state index in [9.17, 15) is 19.2 Å². The molecule has 0 aromatic carbocycles. The SMILES string of the molecule is NC(CCC(=O)O)C(=O)O.NC(CO)C(=O)O.NCCCCC(N)C(=O)O. The first-order valence-electron chi connectivity index (χ1n) is 7.88. The Balaban J connectivity index is -0.000000326. The van der Waals surface area contributed by atoms with E-state index in [0.29, 0.717) is 13.0 Å². The fourth-order valence-electron chi connectivity index (χ4n) is 1.11. The van der Waals surface area contributed by atoms with Gasteiger partial charge in [0.05, 0.1) is 6.61 Å². The molecule has 0 aromatic rings. The molecule has 0 aromatic heterocycles. The highest BCUT2D eigenvalue weighted by molar-refractivity contribution is 5.74. The van der Waals surface area contributed by atoms with Gasteiger partial charge in [-0.1, -0.05) is 6.42 Å². The fourth-order valence-corrected chi connectivity index (χ4v) is 1.11. The number of carboxylic acids is 4. The highest BCUT2D eigenvalue weighted by Crippen LogP contribution is 1.97. The lowest BCUT2D eigenvalue weighted by Crippen LogP contribution is -2.33. The zero-order valence-electron chi connectivity index (χ0n) is 14.9. The summed E-state index contributed by atoms with van der Waals surface area (Å²) < 4.78 is 0. The van der Waals surface area contributed by atoms with Gasteiger partial charge in [0.2, 0.25) is 0 Å². The van der Waals surface area contributed by atoms with E-state index in [4.69, 9.17) is 48.5 Å². The van der Waals surface area contributed by atoms with E-state index >= 15 is 0 Å². The first-order valence-corrected chi connectivity index (χ1v) is 7.88. The summed E-state index contributed by atoms with van der Waals surface area (Å²) in [6.07, 6.45) is 1.94. The molecular formula is C14H30N4O9. The number of hydrogen-bond acceptors (Lipinski definition) is 9. The number of aliphatic hydroxyl groups is 1. The zero-order chi connectivity index (χ0) is 22.0. The molecule has 3 atom stereocenters. The second-order valence-corrected chi connectivity index (χ2v) is 5.23. The van der Waals surface area contributed by atoms with Gasteiger partial charge in [0.25, 0.3) is 0 Å². The summed E-state index contributed by atoms with van der Waals surface area (Å²) in [6, 6.07) is -2.90. The molecule has 160 valence electrons. The van der Waals surface area contributed by atoms with Gasteiger partial charge in [-0.2, -0.15) is 0 Å². The van der Waals surface area contributed by atoms with Crippen molar-refractivity contribution in [1.82, 2.24) is 0 Å². The monoisotopic (exact) mass is 398 g/mol. The minimum absolute atomic E-state index is 0.0231. The second kappa shape index (κ2) is 18.5. The van der Waals surface area contributed by atoms with E-state index in [1.165, 1.54) is 0 Å². The van der Waals surface area contributed by atoms with Gasteiger partial charge in [-0.15, -0.1) is 0 Å². The molecule has 13 nitrogen and oxygen atoms in total. The van der Waals surface area contributed by atoms with Crippen molar-refractivity contribution in [2.75, 3.05) is 13.2 Å². The van der Waals surface area contributed by atoms with Crippen molar-refractivity contribution in [3.63, 3.8) is 0 Å². The van der Waals surface area contributed by atoms with Crippen LogP contribution >= 0.6 is 0 Å². The van der Waals surface area contributed by atoms with Crippen LogP contribution in [0.1, 0.15) is 32.1 Å². The summed E-state index contributed by atoms with van der Waals surface area (Å²) in [5.74, 6) is -4.31. The lowest BCUT2D eigenvalue weighted by Gasteiger charge is -2.03. The largest absolute Gasteiger partial charge is 0.481 e. The molecule has 27 heavy (non-hydrogen) atoms. The molecule has 0 fully saturated rings. The van der Waals surface area contributed by atoms with Crippen LogP contribution in [0.5, 0.6) is 0 Å². The normalized spacial score (nSPS) is 12.9. The molecule has 0 radical (unpaired) electrons. The molecule has 0 rings (SSSR count). The Morgan fingerprint density at radius 2 is 1.11 bits per heavy atom. The van der Waals surface area contributed by atoms with E-state index < -0.39 is 48.6 Å². The van der Waals surface area contributed by atoms with Gasteiger partial charge in [-0.05, 0) is 25.8 Å². The molecule has 0 saturated heterocycles.